The molecule has 0 unspecified atom stereocenters. The zero-order valence-corrected chi connectivity index (χ0v) is 12.1. The Morgan fingerprint density at radius 1 is 1.20 bits per heavy atom. The molecular formula is C15H22N2O3. The number of rotatable bonds is 5. The Bertz CT molecular complexity index is 460. The number of carbonyl (C=O) groups is 1. The molecule has 5 nitrogen and oxygen atoms in total. The maximum atomic E-state index is 12.1. The lowest BCUT2D eigenvalue weighted by atomic mass is 9.94. The van der Waals surface area contributed by atoms with E-state index in [0.29, 0.717) is 23.6 Å². The smallest absolute Gasteiger partial charge is 0.226 e. The molecule has 20 heavy (non-hydrogen) atoms. The van der Waals surface area contributed by atoms with Gasteiger partial charge >= 0.3 is 0 Å². The SMILES string of the molecule is COc1cc(NC(=O)CC2(N)CCCC2)cc(OC)c1. The number of nitrogens with two attached hydrogens (primary N) is 1. The third-order valence-electron chi connectivity index (χ3n) is 3.75. The van der Waals surface area contributed by atoms with Crippen LogP contribution in [0.1, 0.15) is 32.1 Å². The number of methoxy groups -OCH3 is 2. The summed E-state index contributed by atoms with van der Waals surface area (Å²) in [5.74, 6) is 1.22. The zero-order chi connectivity index (χ0) is 14.6. The molecule has 1 aromatic carbocycles. The Morgan fingerprint density at radius 2 is 1.75 bits per heavy atom. The Hall–Kier alpha value is -1.75. The van der Waals surface area contributed by atoms with Crippen LogP contribution in [-0.2, 0) is 4.79 Å². The van der Waals surface area contributed by atoms with E-state index in [1.165, 1.54) is 0 Å². The quantitative estimate of drug-likeness (QED) is 0.866. The summed E-state index contributed by atoms with van der Waals surface area (Å²) in [5, 5.41) is 2.86. The monoisotopic (exact) mass is 278 g/mol. The van der Waals surface area contributed by atoms with Crippen LogP contribution in [0.15, 0.2) is 18.2 Å². The first-order valence-electron chi connectivity index (χ1n) is 6.86. The summed E-state index contributed by atoms with van der Waals surface area (Å²) in [4.78, 5) is 12.1. The van der Waals surface area contributed by atoms with Crippen LogP contribution >= 0.6 is 0 Å². The zero-order valence-electron chi connectivity index (χ0n) is 12.1. The fourth-order valence-corrected chi connectivity index (χ4v) is 2.66. The van der Waals surface area contributed by atoms with Crippen molar-refractivity contribution in [2.75, 3.05) is 19.5 Å². The molecule has 0 aliphatic heterocycles. The molecule has 0 atom stereocenters. The lowest BCUT2D eigenvalue weighted by molar-refractivity contribution is -0.117. The molecule has 3 N–H and O–H groups in total. The van der Waals surface area contributed by atoms with E-state index in [-0.39, 0.29) is 11.4 Å². The van der Waals surface area contributed by atoms with Gasteiger partial charge in [-0.3, -0.25) is 4.79 Å². The van der Waals surface area contributed by atoms with Crippen molar-refractivity contribution < 1.29 is 14.3 Å². The summed E-state index contributed by atoms with van der Waals surface area (Å²) in [6.45, 7) is 0. The third-order valence-corrected chi connectivity index (χ3v) is 3.75. The molecule has 0 heterocycles. The topological polar surface area (TPSA) is 73.6 Å². The Labute approximate surface area is 119 Å². The number of benzene rings is 1. The maximum Gasteiger partial charge on any atom is 0.226 e. The lowest BCUT2D eigenvalue weighted by Crippen LogP contribution is -2.40. The van der Waals surface area contributed by atoms with Crippen molar-refractivity contribution in [2.24, 2.45) is 5.73 Å². The average molecular weight is 278 g/mol. The molecule has 1 amide bonds. The molecule has 0 saturated heterocycles. The Kier molecular flexibility index (Phi) is 4.49. The first-order valence-corrected chi connectivity index (χ1v) is 6.86. The minimum Gasteiger partial charge on any atom is -0.497 e. The van der Waals surface area contributed by atoms with E-state index in [1.807, 2.05) is 0 Å². The van der Waals surface area contributed by atoms with Gasteiger partial charge in [-0.2, -0.15) is 0 Å². The minimum absolute atomic E-state index is 0.0651. The summed E-state index contributed by atoms with van der Waals surface area (Å²) in [6.07, 6.45) is 4.41. The number of nitrogens with one attached hydrogen (secondary N) is 1. The van der Waals surface area contributed by atoms with E-state index >= 15 is 0 Å². The van der Waals surface area contributed by atoms with Crippen LogP contribution in [0.2, 0.25) is 0 Å². The van der Waals surface area contributed by atoms with E-state index in [1.54, 1.807) is 32.4 Å². The summed E-state index contributed by atoms with van der Waals surface area (Å²) in [6, 6.07) is 5.29. The highest BCUT2D eigenvalue weighted by atomic mass is 16.5. The van der Waals surface area contributed by atoms with E-state index in [2.05, 4.69) is 5.32 Å². The van der Waals surface area contributed by atoms with Gasteiger partial charge in [-0.25, -0.2) is 0 Å². The van der Waals surface area contributed by atoms with Crippen molar-refractivity contribution >= 4 is 11.6 Å². The molecule has 2 rings (SSSR count). The summed E-state index contributed by atoms with van der Waals surface area (Å²) in [5.41, 5.74) is 6.54. The number of hydrogen-bond donors (Lipinski definition) is 2. The van der Waals surface area contributed by atoms with Gasteiger partial charge in [-0.1, -0.05) is 12.8 Å². The second-order valence-corrected chi connectivity index (χ2v) is 5.40. The fourth-order valence-electron chi connectivity index (χ4n) is 2.66. The Balaban J connectivity index is 2.03. The van der Waals surface area contributed by atoms with Crippen molar-refractivity contribution in [1.29, 1.82) is 0 Å². The largest absolute Gasteiger partial charge is 0.497 e. The van der Waals surface area contributed by atoms with Gasteiger partial charge in [0, 0.05) is 35.8 Å². The summed E-state index contributed by atoms with van der Waals surface area (Å²) in [7, 11) is 3.15. The number of amides is 1. The van der Waals surface area contributed by atoms with Crippen LogP contribution in [0, 0.1) is 0 Å². The first-order chi connectivity index (χ1) is 9.54. The lowest BCUT2D eigenvalue weighted by Gasteiger charge is -2.22. The normalized spacial score (nSPS) is 16.8. The maximum absolute atomic E-state index is 12.1. The van der Waals surface area contributed by atoms with Gasteiger partial charge in [0.25, 0.3) is 0 Å². The van der Waals surface area contributed by atoms with Crippen LogP contribution in [0.5, 0.6) is 11.5 Å². The molecule has 0 spiro atoms. The third kappa shape index (κ3) is 3.63. The van der Waals surface area contributed by atoms with Crippen molar-refractivity contribution in [3.05, 3.63) is 18.2 Å². The van der Waals surface area contributed by atoms with Crippen LogP contribution in [0.25, 0.3) is 0 Å². The van der Waals surface area contributed by atoms with Gasteiger partial charge in [0.1, 0.15) is 11.5 Å². The number of hydrogen-bond acceptors (Lipinski definition) is 4. The standard InChI is InChI=1S/C15H22N2O3/c1-19-12-7-11(8-13(9-12)20-2)17-14(18)10-15(16)5-3-4-6-15/h7-9H,3-6,10,16H2,1-2H3,(H,17,18). The molecule has 110 valence electrons. The van der Waals surface area contributed by atoms with Crippen molar-refractivity contribution in [3.8, 4) is 11.5 Å². The summed E-state index contributed by atoms with van der Waals surface area (Å²) >= 11 is 0. The highest BCUT2D eigenvalue weighted by molar-refractivity contribution is 5.92. The van der Waals surface area contributed by atoms with E-state index < -0.39 is 0 Å². The molecule has 0 radical (unpaired) electrons. The van der Waals surface area contributed by atoms with Gasteiger partial charge in [0.15, 0.2) is 0 Å². The predicted octanol–water partition coefficient (Wildman–Crippen LogP) is 2.30. The van der Waals surface area contributed by atoms with Crippen LogP contribution in [0.3, 0.4) is 0 Å². The number of anilines is 1. The molecule has 0 bridgehead atoms. The van der Waals surface area contributed by atoms with Crippen LogP contribution < -0.4 is 20.5 Å². The minimum atomic E-state index is -0.340. The van der Waals surface area contributed by atoms with E-state index in [9.17, 15) is 4.79 Å². The van der Waals surface area contributed by atoms with Crippen LogP contribution in [-0.4, -0.2) is 25.7 Å². The van der Waals surface area contributed by atoms with E-state index in [4.69, 9.17) is 15.2 Å². The Morgan fingerprint density at radius 3 is 2.25 bits per heavy atom. The second kappa shape index (κ2) is 6.13. The van der Waals surface area contributed by atoms with Gasteiger partial charge in [-0.15, -0.1) is 0 Å². The molecule has 1 aromatic rings. The highest BCUT2D eigenvalue weighted by Gasteiger charge is 2.31. The molecule has 5 heteroatoms. The number of ether oxygens (including phenoxy) is 2. The molecule has 1 saturated carbocycles. The first kappa shape index (κ1) is 14.7. The average Bonchev–Trinajstić information content (AvgIpc) is 2.84. The van der Waals surface area contributed by atoms with Gasteiger partial charge in [0.05, 0.1) is 14.2 Å². The molecule has 1 aliphatic carbocycles. The van der Waals surface area contributed by atoms with Crippen molar-refractivity contribution in [1.82, 2.24) is 0 Å². The fraction of sp³-hybridized carbons (Fsp3) is 0.533. The van der Waals surface area contributed by atoms with Gasteiger partial charge < -0.3 is 20.5 Å². The van der Waals surface area contributed by atoms with Crippen LogP contribution in [0.4, 0.5) is 5.69 Å². The van der Waals surface area contributed by atoms with Crippen molar-refractivity contribution in [2.45, 2.75) is 37.6 Å². The van der Waals surface area contributed by atoms with Gasteiger partial charge in [0.2, 0.25) is 5.91 Å². The van der Waals surface area contributed by atoms with Crippen molar-refractivity contribution in [3.63, 3.8) is 0 Å². The molecular weight excluding hydrogens is 256 g/mol. The molecule has 1 fully saturated rings. The molecule has 1 aliphatic rings. The second-order valence-electron chi connectivity index (χ2n) is 5.40. The molecule has 0 aromatic heterocycles. The van der Waals surface area contributed by atoms with Gasteiger partial charge in [-0.05, 0) is 12.8 Å². The number of carbonyl (C=O) groups excluding carboxylic acids is 1. The predicted molar refractivity (Wildman–Crippen MR) is 78.2 cm³/mol. The summed E-state index contributed by atoms with van der Waals surface area (Å²) < 4.78 is 10.4. The van der Waals surface area contributed by atoms with E-state index in [0.717, 1.165) is 25.7 Å². The highest BCUT2D eigenvalue weighted by Crippen LogP contribution is 2.31.